The van der Waals surface area contributed by atoms with Gasteiger partial charge in [-0.2, -0.15) is 0 Å². The number of anilines is 1. The summed E-state index contributed by atoms with van der Waals surface area (Å²) in [6.07, 6.45) is 0. The van der Waals surface area contributed by atoms with E-state index < -0.39 is 0 Å². The monoisotopic (exact) mass is 463 g/mol. The molecule has 2 rings (SSSR count). The molecule has 0 spiro atoms. The summed E-state index contributed by atoms with van der Waals surface area (Å²) in [5.74, 6) is 0.989. The zero-order valence-electron chi connectivity index (χ0n) is 17.1. The summed E-state index contributed by atoms with van der Waals surface area (Å²) in [6.45, 7) is 0.681. The highest BCUT2D eigenvalue weighted by Gasteiger charge is 2.16. The van der Waals surface area contributed by atoms with Crippen LogP contribution in [-0.2, 0) is 16.1 Å². The van der Waals surface area contributed by atoms with Gasteiger partial charge in [-0.25, -0.2) is 0 Å². The summed E-state index contributed by atoms with van der Waals surface area (Å²) < 4.78 is 11.5. The Labute approximate surface area is 179 Å². The van der Waals surface area contributed by atoms with Crippen LogP contribution in [-0.4, -0.2) is 63.0 Å². The number of nitrogens with zero attached hydrogens (tertiary/aromatic N) is 2. The van der Waals surface area contributed by atoms with E-state index in [1.807, 2.05) is 30.1 Å². The molecule has 2 amide bonds. The summed E-state index contributed by atoms with van der Waals surface area (Å²) in [7, 11) is 6.64. The first-order chi connectivity index (χ1) is 13.8. The molecule has 0 saturated heterocycles. The van der Waals surface area contributed by atoms with Crippen molar-refractivity contribution in [3.05, 3.63) is 52.5 Å². The van der Waals surface area contributed by atoms with Gasteiger partial charge in [-0.1, -0.05) is 22.0 Å². The number of rotatable bonds is 9. The Kier molecular flexibility index (Phi) is 8.48. The molecule has 0 aliphatic rings. The van der Waals surface area contributed by atoms with Crippen LogP contribution in [0.2, 0.25) is 0 Å². The van der Waals surface area contributed by atoms with Crippen LogP contribution in [0.3, 0.4) is 0 Å². The first-order valence-corrected chi connectivity index (χ1v) is 9.80. The lowest BCUT2D eigenvalue weighted by molar-refractivity contribution is -0.134. The molecule has 0 heterocycles. The van der Waals surface area contributed by atoms with Crippen LogP contribution in [0, 0.1) is 0 Å². The second-order valence-corrected chi connectivity index (χ2v) is 7.57. The van der Waals surface area contributed by atoms with E-state index in [4.69, 9.17) is 9.47 Å². The average molecular weight is 464 g/mol. The lowest BCUT2D eigenvalue weighted by Crippen LogP contribution is -2.40. The Bertz CT molecular complexity index is 860. The molecule has 0 unspecified atom stereocenters. The topological polar surface area (TPSA) is 71.1 Å². The van der Waals surface area contributed by atoms with Crippen molar-refractivity contribution in [3.8, 4) is 11.5 Å². The van der Waals surface area contributed by atoms with Crippen molar-refractivity contribution in [1.29, 1.82) is 0 Å². The quantitative estimate of drug-likeness (QED) is 0.618. The predicted octanol–water partition coefficient (Wildman–Crippen LogP) is 3.00. The minimum Gasteiger partial charge on any atom is -0.497 e. The van der Waals surface area contributed by atoms with Gasteiger partial charge in [0.05, 0.1) is 27.3 Å². The van der Waals surface area contributed by atoms with E-state index in [0.717, 1.165) is 15.8 Å². The van der Waals surface area contributed by atoms with E-state index in [1.165, 1.54) is 4.90 Å². The van der Waals surface area contributed by atoms with Crippen LogP contribution >= 0.6 is 15.9 Å². The number of likely N-dealkylation sites (N-methyl/N-ethyl adjacent to an activating group) is 2. The smallest absolute Gasteiger partial charge is 0.243 e. The second kappa shape index (κ2) is 10.8. The van der Waals surface area contributed by atoms with Crippen molar-refractivity contribution < 1.29 is 19.1 Å². The number of hydrogen-bond donors (Lipinski definition) is 1. The van der Waals surface area contributed by atoms with Crippen molar-refractivity contribution in [2.75, 3.05) is 46.7 Å². The maximum Gasteiger partial charge on any atom is 0.243 e. The Morgan fingerprint density at radius 2 is 1.79 bits per heavy atom. The zero-order valence-corrected chi connectivity index (χ0v) is 18.7. The van der Waals surface area contributed by atoms with Crippen molar-refractivity contribution >= 4 is 33.4 Å². The molecular formula is C21H26BrN3O4. The number of hydrogen-bond acceptors (Lipinski definition) is 5. The number of amides is 2. The molecule has 0 bridgehead atoms. The Morgan fingerprint density at radius 1 is 1.03 bits per heavy atom. The van der Waals surface area contributed by atoms with Gasteiger partial charge in [0.25, 0.3) is 0 Å². The Balaban J connectivity index is 1.87. The average Bonchev–Trinajstić information content (AvgIpc) is 2.68. The molecule has 0 aromatic heterocycles. The molecule has 0 radical (unpaired) electrons. The predicted molar refractivity (Wildman–Crippen MR) is 116 cm³/mol. The van der Waals surface area contributed by atoms with Crippen molar-refractivity contribution in [1.82, 2.24) is 9.80 Å². The molecule has 0 atom stereocenters. The van der Waals surface area contributed by atoms with E-state index in [-0.39, 0.29) is 24.9 Å². The summed E-state index contributed by atoms with van der Waals surface area (Å²) in [5.41, 5.74) is 1.59. The molecule has 29 heavy (non-hydrogen) atoms. The van der Waals surface area contributed by atoms with E-state index in [9.17, 15) is 9.59 Å². The van der Waals surface area contributed by atoms with E-state index >= 15 is 0 Å². The Morgan fingerprint density at radius 3 is 2.48 bits per heavy atom. The van der Waals surface area contributed by atoms with Crippen molar-refractivity contribution in [2.45, 2.75) is 6.54 Å². The molecule has 0 fully saturated rings. The SMILES string of the molecule is COc1cccc(NC(=O)CN(C)C(=O)CN(C)Cc2cc(Br)ccc2OC)c1. The van der Waals surface area contributed by atoms with Crippen LogP contribution in [0.1, 0.15) is 5.56 Å². The van der Waals surface area contributed by atoms with Crippen molar-refractivity contribution in [3.63, 3.8) is 0 Å². The van der Waals surface area contributed by atoms with Gasteiger partial charge in [0.2, 0.25) is 11.8 Å². The maximum absolute atomic E-state index is 12.5. The number of carbonyl (C=O) groups excluding carboxylic acids is 2. The van der Waals surface area contributed by atoms with Crippen LogP contribution < -0.4 is 14.8 Å². The third-order valence-electron chi connectivity index (χ3n) is 4.25. The minimum absolute atomic E-state index is 0.0376. The van der Waals surface area contributed by atoms with Gasteiger partial charge in [-0.3, -0.25) is 14.5 Å². The molecule has 8 heteroatoms. The van der Waals surface area contributed by atoms with E-state index in [2.05, 4.69) is 21.2 Å². The molecule has 0 aliphatic carbocycles. The molecule has 0 aliphatic heterocycles. The Hall–Kier alpha value is -2.58. The first-order valence-electron chi connectivity index (χ1n) is 9.01. The summed E-state index contributed by atoms with van der Waals surface area (Å²) >= 11 is 3.45. The zero-order chi connectivity index (χ0) is 21.4. The maximum atomic E-state index is 12.5. The van der Waals surface area contributed by atoms with Crippen LogP contribution in [0.4, 0.5) is 5.69 Å². The van der Waals surface area contributed by atoms with Gasteiger partial charge in [0, 0.05) is 35.4 Å². The standard InChI is InChI=1S/C21H26BrN3O4/c1-24(12-15-10-16(22)8-9-19(15)29-4)14-21(27)25(2)13-20(26)23-17-6-5-7-18(11-17)28-3/h5-11H,12-14H2,1-4H3,(H,23,26). The molecule has 7 nitrogen and oxygen atoms in total. The summed E-state index contributed by atoms with van der Waals surface area (Å²) in [4.78, 5) is 28.0. The van der Waals surface area contributed by atoms with Crippen LogP contribution in [0.5, 0.6) is 11.5 Å². The van der Waals surface area contributed by atoms with Gasteiger partial charge < -0.3 is 19.7 Å². The number of ether oxygens (including phenoxy) is 2. The van der Waals surface area contributed by atoms with E-state index in [1.54, 1.807) is 45.5 Å². The number of carbonyl (C=O) groups is 2. The number of halogens is 1. The molecule has 0 saturated carbocycles. The molecular weight excluding hydrogens is 438 g/mol. The van der Waals surface area contributed by atoms with Gasteiger partial charge in [-0.05, 0) is 37.4 Å². The van der Waals surface area contributed by atoms with Gasteiger partial charge in [-0.15, -0.1) is 0 Å². The third kappa shape index (κ3) is 7.07. The fourth-order valence-electron chi connectivity index (χ4n) is 2.77. The minimum atomic E-state index is -0.273. The highest BCUT2D eigenvalue weighted by molar-refractivity contribution is 9.10. The normalized spacial score (nSPS) is 10.6. The van der Waals surface area contributed by atoms with Gasteiger partial charge >= 0.3 is 0 Å². The highest BCUT2D eigenvalue weighted by atomic mass is 79.9. The van der Waals surface area contributed by atoms with Crippen LogP contribution in [0.25, 0.3) is 0 Å². The molecule has 156 valence electrons. The lowest BCUT2D eigenvalue weighted by Gasteiger charge is -2.22. The fraction of sp³-hybridized carbons (Fsp3) is 0.333. The first kappa shape index (κ1) is 22.7. The van der Waals surface area contributed by atoms with Crippen molar-refractivity contribution in [2.24, 2.45) is 0 Å². The van der Waals surface area contributed by atoms with E-state index in [0.29, 0.717) is 18.0 Å². The van der Waals surface area contributed by atoms with Crippen LogP contribution in [0.15, 0.2) is 46.9 Å². The molecule has 1 N–H and O–H groups in total. The molecule has 2 aromatic rings. The van der Waals surface area contributed by atoms with Gasteiger partial charge in [0.1, 0.15) is 11.5 Å². The fourth-order valence-corrected chi connectivity index (χ4v) is 3.18. The number of methoxy groups -OCH3 is 2. The van der Waals surface area contributed by atoms with Gasteiger partial charge in [0.15, 0.2) is 0 Å². The summed E-state index contributed by atoms with van der Waals surface area (Å²) in [5, 5.41) is 2.77. The third-order valence-corrected chi connectivity index (χ3v) is 4.74. The summed E-state index contributed by atoms with van der Waals surface area (Å²) in [6, 6.07) is 12.8. The number of benzene rings is 2. The highest BCUT2D eigenvalue weighted by Crippen LogP contribution is 2.24. The second-order valence-electron chi connectivity index (χ2n) is 6.66. The number of nitrogens with one attached hydrogen (secondary N) is 1. The largest absolute Gasteiger partial charge is 0.497 e. The molecule has 2 aromatic carbocycles. The lowest BCUT2D eigenvalue weighted by atomic mass is 10.2.